The van der Waals surface area contributed by atoms with Crippen molar-refractivity contribution in [2.45, 2.75) is 19.1 Å². The first-order valence-electron chi connectivity index (χ1n) is 4.43. The minimum absolute atomic E-state index is 0.0700. The van der Waals surface area contributed by atoms with Gasteiger partial charge in [-0.2, -0.15) is 0 Å². The Morgan fingerprint density at radius 1 is 1.69 bits per heavy atom. The SMILES string of the molecule is C=C1C(C(=O)OCC)[C@H]2C=C[C@@H]1O2. The van der Waals surface area contributed by atoms with Crippen LogP contribution in [0.15, 0.2) is 24.3 Å². The van der Waals surface area contributed by atoms with Crippen molar-refractivity contribution < 1.29 is 14.3 Å². The predicted octanol–water partition coefficient (Wildman–Crippen LogP) is 1.06. The molecule has 0 spiro atoms. The molecule has 3 heteroatoms. The van der Waals surface area contributed by atoms with Gasteiger partial charge in [0.2, 0.25) is 0 Å². The van der Waals surface area contributed by atoms with Gasteiger partial charge >= 0.3 is 5.97 Å². The Kier molecular flexibility index (Phi) is 1.96. The molecule has 2 aliphatic rings. The smallest absolute Gasteiger partial charge is 0.316 e. The Morgan fingerprint density at radius 2 is 2.46 bits per heavy atom. The van der Waals surface area contributed by atoms with Crippen LogP contribution in [0.1, 0.15) is 6.92 Å². The maximum atomic E-state index is 11.4. The topological polar surface area (TPSA) is 35.5 Å². The molecule has 2 aliphatic heterocycles. The molecule has 0 saturated carbocycles. The average Bonchev–Trinajstić information content (AvgIpc) is 2.63. The Morgan fingerprint density at radius 3 is 3.00 bits per heavy atom. The first-order valence-corrected chi connectivity index (χ1v) is 4.43. The van der Waals surface area contributed by atoms with Crippen molar-refractivity contribution in [2.75, 3.05) is 6.61 Å². The van der Waals surface area contributed by atoms with Gasteiger partial charge < -0.3 is 9.47 Å². The second kappa shape index (κ2) is 3.00. The van der Waals surface area contributed by atoms with Crippen LogP contribution >= 0.6 is 0 Å². The lowest BCUT2D eigenvalue weighted by molar-refractivity contribution is -0.147. The van der Waals surface area contributed by atoms with E-state index < -0.39 is 0 Å². The molecule has 1 fully saturated rings. The first kappa shape index (κ1) is 8.51. The second-order valence-electron chi connectivity index (χ2n) is 3.21. The maximum absolute atomic E-state index is 11.4. The van der Waals surface area contributed by atoms with E-state index in [1.807, 2.05) is 12.2 Å². The molecule has 2 heterocycles. The summed E-state index contributed by atoms with van der Waals surface area (Å²) in [4.78, 5) is 11.4. The summed E-state index contributed by atoms with van der Waals surface area (Å²) >= 11 is 0. The zero-order chi connectivity index (χ0) is 9.42. The van der Waals surface area contributed by atoms with Crippen molar-refractivity contribution >= 4 is 5.97 Å². The Labute approximate surface area is 77.0 Å². The van der Waals surface area contributed by atoms with Crippen LogP contribution in [-0.4, -0.2) is 24.8 Å². The highest BCUT2D eigenvalue weighted by molar-refractivity contribution is 5.78. The third-order valence-electron chi connectivity index (χ3n) is 2.41. The van der Waals surface area contributed by atoms with E-state index in [2.05, 4.69) is 6.58 Å². The molecule has 2 rings (SSSR count). The van der Waals surface area contributed by atoms with Gasteiger partial charge in [0, 0.05) is 0 Å². The highest BCUT2D eigenvalue weighted by Gasteiger charge is 2.45. The molecule has 0 aliphatic carbocycles. The molecule has 1 unspecified atom stereocenters. The number of esters is 1. The monoisotopic (exact) mass is 180 g/mol. The quantitative estimate of drug-likeness (QED) is 0.471. The van der Waals surface area contributed by atoms with E-state index in [0.717, 1.165) is 5.57 Å². The Hall–Kier alpha value is -1.09. The van der Waals surface area contributed by atoms with Crippen LogP contribution in [0.2, 0.25) is 0 Å². The third-order valence-corrected chi connectivity index (χ3v) is 2.41. The van der Waals surface area contributed by atoms with Crippen LogP contribution in [0.5, 0.6) is 0 Å². The van der Waals surface area contributed by atoms with E-state index in [0.29, 0.717) is 6.61 Å². The standard InChI is InChI=1S/C10H12O3/c1-3-12-10(11)9-6(2)7-4-5-8(9)13-7/h4-5,7-9H,2-3H2,1H3/t7-,8+,9?/m0/s1. The second-order valence-corrected chi connectivity index (χ2v) is 3.21. The number of carbonyl (C=O) groups is 1. The maximum Gasteiger partial charge on any atom is 0.316 e. The molecule has 0 aromatic heterocycles. The van der Waals surface area contributed by atoms with Gasteiger partial charge in [-0.15, -0.1) is 0 Å². The van der Waals surface area contributed by atoms with E-state index in [4.69, 9.17) is 9.47 Å². The van der Waals surface area contributed by atoms with Crippen molar-refractivity contribution in [2.24, 2.45) is 5.92 Å². The van der Waals surface area contributed by atoms with Crippen LogP contribution in [0.3, 0.4) is 0 Å². The van der Waals surface area contributed by atoms with E-state index in [1.165, 1.54) is 0 Å². The van der Waals surface area contributed by atoms with Crippen molar-refractivity contribution in [1.29, 1.82) is 0 Å². The Bertz CT molecular complexity index is 280. The summed E-state index contributed by atoms with van der Waals surface area (Å²) in [5.74, 6) is -0.501. The number of ether oxygens (including phenoxy) is 2. The molecule has 0 aromatic carbocycles. The molecule has 13 heavy (non-hydrogen) atoms. The van der Waals surface area contributed by atoms with E-state index in [1.54, 1.807) is 6.92 Å². The largest absolute Gasteiger partial charge is 0.465 e. The third kappa shape index (κ3) is 1.20. The minimum atomic E-state index is -0.282. The molecule has 2 bridgehead atoms. The van der Waals surface area contributed by atoms with Crippen LogP contribution in [0.25, 0.3) is 0 Å². The lowest BCUT2D eigenvalue weighted by atomic mass is 9.90. The highest BCUT2D eigenvalue weighted by Crippen LogP contribution is 2.37. The minimum Gasteiger partial charge on any atom is -0.465 e. The summed E-state index contributed by atoms with van der Waals surface area (Å²) in [5, 5.41) is 0. The van der Waals surface area contributed by atoms with Crippen molar-refractivity contribution in [3.05, 3.63) is 24.3 Å². The van der Waals surface area contributed by atoms with Crippen LogP contribution in [0.4, 0.5) is 0 Å². The molecular formula is C10H12O3. The number of fused-ring (bicyclic) bond motifs is 2. The molecule has 0 aromatic rings. The zero-order valence-electron chi connectivity index (χ0n) is 7.53. The first-order chi connectivity index (χ1) is 6.24. The number of carbonyl (C=O) groups excluding carboxylic acids is 1. The van der Waals surface area contributed by atoms with E-state index in [9.17, 15) is 4.79 Å². The van der Waals surface area contributed by atoms with E-state index >= 15 is 0 Å². The van der Waals surface area contributed by atoms with Gasteiger partial charge in [-0.3, -0.25) is 4.79 Å². The fraction of sp³-hybridized carbons (Fsp3) is 0.500. The van der Waals surface area contributed by atoms with Gasteiger partial charge in [0.25, 0.3) is 0 Å². The molecule has 0 N–H and O–H groups in total. The van der Waals surface area contributed by atoms with Crippen LogP contribution < -0.4 is 0 Å². The molecule has 0 amide bonds. The predicted molar refractivity (Wildman–Crippen MR) is 47.1 cm³/mol. The number of rotatable bonds is 2. The van der Waals surface area contributed by atoms with Gasteiger partial charge in [-0.05, 0) is 12.5 Å². The van der Waals surface area contributed by atoms with Gasteiger partial charge in [0.15, 0.2) is 0 Å². The highest BCUT2D eigenvalue weighted by atomic mass is 16.5. The lowest BCUT2D eigenvalue weighted by Gasteiger charge is -2.15. The molecular weight excluding hydrogens is 168 g/mol. The number of hydrogen-bond donors (Lipinski definition) is 0. The summed E-state index contributed by atoms with van der Waals surface area (Å²) in [5.41, 5.74) is 0.825. The van der Waals surface area contributed by atoms with Gasteiger partial charge in [-0.1, -0.05) is 18.7 Å². The molecule has 3 nitrogen and oxygen atoms in total. The van der Waals surface area contributed by atoms with Crippen molar-refractivity contribution in [3.8, 4) is 0 Å². The molecule has 70 valence electrons. The summed E-state index contributed by atoms with van der Waals surface area (Å²) in [6, 6.07) is 0. The number of hydrogen-bond acceptors (Lipinski definition) is 3. The normalized spacial score (nSPS) is 35.5. The van der Waals surface area contributed by atoms with Gasteiger partial charge in [0.1, 0.15) is 5.92 Å². The fourth-order valence-electron chi connectivity index (χ4n) is 1.78. The lowest BCUT2D eigenvalue weighted by Crippen LogP contribution is -2.26. The summed E-state index contributed by atoms with van der Waals surface area (Å²) in [6.45, 7) is 6.05. The molecule has 1 saturated heterocycles. The summed E-state index contributed by atoms with van der Waals surface area (Å²) in [6.07, 6.45) is 3.62. The van der Waals surface area contributed by atoms with Crippen molar-refractivity contribution in [1.82, 2.24) is 0 Å². The molecule has 3 atom stereocenters. The Balaban J connectivity index is 2.13. The van der Waals surface area contributed by atoms with Crippen LogP contribution in [-0.2, 0) is 14.3 Å². The molecule has 0 radical (unpaired) electrons. The summed E-state index contributed by atoms with van der Waals surface area (Å²) < 4.78 is 10.4. The van der Waals surface area contributed by atoms with Crippen molar-refractivity contribution in [3.63, 3.8) is 0 Å². The van der Waals surface area contributed by atoms with Gasteiger partial charge in [-0.25, -0.2) is 0 Å². The van der Waals surface area contributed by atoms with Gasteiger partial charge in [0.05, 0.1) is 18.8 Å². The summed E-state index contributed by atoms with van der Waals surface area (Å²) in [7, 11) is 0. The zero-order valence-corrected chi connectivity index (χ0v) is 7.53. The average molecular weight is 180 g/mol. The van der Waals surface area contributed by atoms with E-state index in [-0.39, 0.29) is 24.1 Å². The fourth-order valence-corrected chi connectivity index (χ4v) is 1.78. The van der Waals surface area contributed by atoms with Crippen LogP contribution in [0, 0.1) is 5.92 Å².